The summed E-state index contributed by atoms with van der Waals surface area (Å²) in [5.74, 6) is -0.0251. The number of nitrogens with zero attached hydrogens (tertiary/aromatic N) is 1. The van der Waals surface area contributed by atoms with Crippen LogP contribution in [0.1, 0.15) is 40.2 Å². The van der Waals surface area contributed by atoms with Crippen LogP contribution < -0.4 is 16.4 Å². The number of fused-ring (bicyclic) bond motifs is 1. The molecule has 1 aliphatic rings. The van der Waals surface area contributed by atoms with E-state index in [0.29, 0.717) is 43.2 Å². The standard InChI is InChI=1S/C33H35ClN4O2/c34-28-14-13-25-19-27(12-11-26(25)20-28)32(39)36-21-29-16-18-38(33(40)31(37-29)15-17-35)22-30(23-7-3-1-4-8-23)24-9-5-2-6-10-24/h1-14,19-20,29-31,37H,15-18,21-22,35H2,(H,36,39)/t29-,31-/m1/s1. The van der Waals surface area contributed by atoms with Crippen molar-refractivity contribution in [2.75, 3.05) is 26.2 Å². The molecule has 0 spiro atoms. The molecule has 1 saturated heterocycles. The molecule has 0 radical (unpaired) electrons. The Morgan fingerprint density at radius 3 is 2.27 bits per heavy atom. The molecule has 4 aromatic carbocycles. The van der Waals surface area contributed by atoms with Crippen LogP contribution in [0.15, 0.2) is 97.1 Å². The quantitative estimate of drug-likeness (QED) is 0.273. The van der Waals surface area contributed by atoms with Crippen LogP contribution in [-0.2, 0) is 4.79 Å². The van der Waals surface area contributed by atoms with E-state index in [1.54, 1.807) is 0 Å². The van der Waals surface area contributed by atoms with Crippen molar-refractivity contribution in [3.63, 3.8) is 0 Å². The molecule has 0 unspecified atom stereocenters. The van der Waals surface area contributed by atoms with Gasteiger partial charge in [-0.2, -0.15) is 0 Å². The first kappa shape index (κ1) is 27.8. The van der Waals surface area contributed by atoms with E-state index >= 15 is 0 Å². The average molecular weight is 555 g/mol. The van der Waals surface area contributed by atoms with Crippen molar-refractivity contribution in [3.8, 4) is 0 Å². The lowest BCUT2D eigenvalue weighted by molar-refractivity contribution is -0.133. The molecule has 1 aliphatic heterocycles. The Bertz CT molecular complexity index is 1410. The zero-order valence-corrected chi connectivity index (χ0v) is 23.2. The Morgan fingerprint density at radius 1 is 0.950 bits per heavy atom. The predicted octanol–water partition coefficient (Wildman–Crippen LogP) is 4.96. The number of hydrogen-bond acceptors (Lipinski definition) is 4. The molecular weight excluding hydrogens is 520 g/mol. The Balaban J connectivity index is 1.28. The third-order valence-electron chi connectivity index (χ3n) is 7.63. The summed E-state index contributed by atoms with van der Waals surface area (Å²) >= 11 is 6.09. The summed E-state index contributed by atoms with van der Waals surface area (Å²) in [6.07, 6.45) is 1.26. The summed E-state index contributed by atoms with van der Waals surface area (Å²) in [7, 11) is 0. The molecule has 0 bridgehead atoms. The lowest BCUT2D eigenvalue weighted by Crippen LogP contribution is -2.49. The van der Waals surface area contributed by atoms with Gasteiger partial charge in [0.2, 0.25) is 5.91 Å². The van der Waals surface area contributed by atoms with E-state index in [0.717, 1.165) is 17.2 Å². The smallest absolute Gasteiger partial charge is 0.251 e. The molecule has 0 aromatic heterocycles. The fraction of sp³-hybridized carbons (Fsp3) is 0.273. The van der Waals surface area contributed by atoms with E-state index in [4.69, 9.17) is 17.3 Å². The van der Waals surface area contributed by atoms with Gasteiger partial charge >= 0.3 is 0 Å². The first-order chi connectivity index (χ1) is 19.5. The summed E-state index contributed by atoms with van der Waals surface area (Å²) in [5.41, 5.74) is 8.85. The molecule has 2 atom stereocenters. The first-order valence-corrected chi connectivity index (χ1v) is 14.2. The normalized spacial score (nSPS) is 17.7. The molecule has 0 saturated carbocycles. The molecule has 4 N–H and O–H groups in total. The van der Waals surface area contributed by atoms with Crippen molar-refractivity contribution in [1.29, 1.82) is 0 Å². The van der Waals surface area contributed by atoms with Crippen LogP contribution in [-0.4, -0.2) is 55.0 Å². The Hall–Kier alpha value is -3.71. The number of hydrogen-bond donors (Lipinski definition) is 3. The van der Waals surface area contributed by atoms with Gasteiger partial charge in [0.1, 0.15) is 0 Å². The maximum atomic E-state index is 13.7. The van der Waals surface area contributed by atoms with Crippen LogP contribution in [0.2, 0.25) is 5.02 Å². The number of carbonyl (C=O) groups excluding carboxylic acids is 2. The molecule has 40 heavy (non-hydrogen) atoms. The van der Waals surface area contributed by atoms with Gasteiger partial charge in [0, 0.05) is 42.2 Å². The monoisotopic (exact) mass is 554 g/mol. The number of nitrogens with two attached hydrogens (primary N) is 1. The summed E-state index contributed by atoms with van der Waals surface area (Å²) in [4.78, 5) is 28.7. The molecule has 4 aromatic rings. The second-order valence-corrected chi connectivity index (χ2v) is 10.8. The van der Waals surface area contributed by atoms with Gasteiger partial charge in [0.25, 0.3) is 5.91 Å². The molecular formula is C33H35ClN4O2. The highest BCUT2D eigenvalue weighted by Crippen LogP contribution is 2.27. The van der Waals surface area contributed by atoms with Gasteiger partial charge in [-0.25, -0.2) is 0 Å². The zero-order valence-electron chi connectivity index (χ0n) is 22.4. The first-order valence-electron chi connectivity index (χ1n) is 13.8. The van der Waals surface area contributed by atoms with Crippen molar-refractivity contribution >= 4 is 34.2 Å². The number of nitrogens with one attached hydrogen (secondary N) is 2. The highest BCUT2D eigenvalue weighted by Gasteiger charge is 2.32. The fourth-order valence-electron chi connectivity index (χ4n) is 5.47. The van der Waals surface area contributed by atoms with Gasteiger partial charge in [-0.05, 0) is 65.6 Å². The number of carbonyl (C=O) groups is 2. The van der Waals surface area contributed by atoms with Gasteiger partial charge < -0.3 is 21.3 Å². The topological polar surface area (TPSA) is 87.5 Å². The van der Waals surface area contributed by atoms with Gasteiger partial charge in [-0.1, -0.05) is 84.4 Å². The third-order valence-corrected chi connectivity index (χ3v) is 7.86. The second-order valence-electron chi connectivity index (χ2n) is 10.4. The van der Waals surface area contributed by atoms with Crippen molar-refractivity contribution in [3.05, 3.63) is 119 Å². The Morgan fingerprint density at radius 2 is 1.60 bits per heavy atom. The Labute approximate surface area is 240 Å². The van der Waals surface area contributed by atoms with E-state index in [1.807, 2.05) is 77.7 Å². The minimum atomic E-state index is -0.396. The SMILES string of the molecule is NCC[C@H]1N[C@@H](CNC(=O)c2ccc3cc(Cl)ccc3c2)CCN(CC(c2ccccc2)c2ccccc2)C1=O. The third kappa shape index (κ3) is 6.70. The van der Waals surface area contributed by atoms with Crippen molar-refractivity contribution in [2.45, 2.75) is 30.8 Å². The van der Waals surface area contributed by atoms with Crippen molar-refractivity contribution in [1.82, 2.24) is 15.5 Å². The van der Waals surface area contributed by atoms with E-state index in [9.17, 15) is 9.59 Å². The molecule has 6 nitrogen and oxygen atoms in total. The molecule has 0 aliphatic carbocycles. The molecule has 7 heteroatoms. The van der Waals surface area contributed by atoms with Crippen LogP contribution in [0, 0.1) is 0 Å². The van der Waals surface area contributed by atoms with Crippen LogP contribution in [0.5, 0.6) is 0 Å². The van der Waals surface area contributed by atoms with Crippen LogP contribution in [0.25, 0.3) is 10.8 Å². The summed E-state index contributed by atoms with van der Waals surface area (Å²) < 4.78 is 0. The zero-order chi connectivity index (χ0) is 27.9. The number of amides is 2. The molecule has 1 fully saturated rings. The van der Waals surface area contributed by atoms with E-state index < -0.39 is 6.04 Å². The maximum Gasteiger partial charge on any atom is 0.251 e. The van der Waals surface area contributed by atoms with Gasteiger partial charge in [0.05, 0.1) is 6.04 Å². The van der Waals surface area contributed by atoms with Crippen molar-refractivity contribution in [2.24, 2.45) is 5.73 Å². The van der Waals surface area contributed by atoms with Gasteiger partial charge in [-0.3, -0.25) is 9.59 Å². The highest BCUT2D eigenvalue weighted by atomic mass is 35.5. The largest absolute Gasteiger partial charge is 0.350 e. The van der Waals surface area contributed by atoms with Crippen LogP contribution >= 0.6 is 11.6 Å². The summed E-state index contributed by atoms with van der Waals surface area (Å²) in [6, 6.07) is 31.4. The fourth-order valence-corrected chi connectivity index (χ4v) is 5.65. The lowest BCUT2D eigenvalue weighted by atomic mass is 9.90. The van der Waals surface area contributed by atoms with E-state index in [-0.39, 0.29) is 23.8 Å². The van der Waals surface area contributed by atoms with Crippen LogP contribution in [0.4, 0.5) is 0 Å². The predicted molar refractivity (Wildman–Crippen MR) is 162 cm³/mol. The lowest BCUT2D eigenvalue weighted by Gasteiger charge is -2.29. The van der Waals surface area contributed by atoms with Gasteiger partial charge in [-0.15, -0.1) is 0 Å². The van der Waals surface area contributed by atoms with E-state index in [2.05, 4.69) is 34.9 Å². The van der Waals surface area contributed by atoms with Crippen molar-refractivity contribution < 1.29 is 9.59 Å². The second kappa shape index (κ2) is 13.1. The molecule has 1 heterocycles. The minimum absolute atomic E-state index is 0.0550. The average Bonchev–Trinajstić information content (AvgIpc) is 3.13. The van der Waals surface area contributed by atoms with Gasteiger partial charge in [0.15, 0.2) is 0 Å². The number of benzene rings is 4. The minimum Gasteiger partial charge on any atom is -0.350 e. The summed E-state index contributed by atoms with van der Waals surface area (Å²) in [5, 5.41) is 9.17. The number of halogens is 1. The van der Waals surface area contributed by atoms with Crippen LogP contribution in [0.3, 0.4) is 0 Å². The summed E-state index contributed by atoms with van der Waals surface area (Å²) in [6.45, 7) is 1.99. The molecule has 5 rings (SSSR count). The Kier molecular flexibility index (Phi) is 9.12. The highest BCUT2D eigenvalue weighted by molar-refractivity contribution is 6.31. The maximum absolute atomic E-state index is 13.7. The molecule has 2 amide bonds. The van der Waals surface area contributed by atoms with E-state index in [1.165, 1.54) is 11.1 Å². The number of rotatable bonds is 9. The molecule has 206 valence electrons.